The maximum Gasteiger partial charge on any atom is 0.145 e. The zero-order valence-corrected chi connectivity index (χ0v) is 14.5. The van der Waals surface area contributed by atoms with Crippen molar-refractivity contribution < 1.29 is 5.11 Å². The zero-order chi connectivity index (χ0) is 17.2. The fourth-order valence-electron chi connectivity index (χ4n) is 3.17. The predicted molar refractivity (Wildman–Crippen MR) is 100 cm³/mol. The van der Waals surface area contributed by atoms with Gasteiger partial charge < -0.3 is 10.4 Å². The SMILES string of the molecule is Oc1ccc(Cl)cc1Nc1nc(CN2CCCC2)nc2ccccc12. The highest BCUT2D eigenvalue weighted by Crippen LogP contribution is 2.31. The van der Waals surface area contributed by atoms with Gasteiger partial charge >= 0.3 is 0 Å². The molecule has 0 saturated carbocycles. The van der Waals surface area contributed by atoms with Gasteiger partial charge in [0.2, 0.25) is 0 Å². The molecule has 1 fully saturated rings. The molecule has 0 aliphatic carbocycles. The van der Waals surface area contributed by atoms with Crippen LogP contribution in [0.4, 0.5) is 11.5 Å². The molecule has 0 radical (unpaired) electrons. The number of phenols is 1. The van der Waals surface area contributed by atoms with Gasteiger partial charge in [0.15, 0.2) is 0 Å². The first kappa shape index (κ1) is 16.1. The second-order valence-corrected chi connectivity index (χ2v) is 6.71. The number of fused-ring (bicyclic) bond motifs is 1. The number of rotatable bonds is 4. The number of nitrogens with one attached hydrogen (secondary N) is 1. The van der Waals surface area contributed by atoms with E-state index in [2.05, 4.69) is 10.2 Å². The lowest BCUT2D eigenvalue weighted by Crippen LogP contribution is -2.20. The molecule has 1 aliphatic rings. The summed E-state index contributed by atoms with van der Waals surface area (Å²) >= 11 is 6.06. The Kier molecular flexibility index (Phi) is 4.42. The third kappa shape index (κ3) is 3.52. The van der Waals surface area contributed by atoms with Crippen LogP contribution in [-0.2, 0) is 6.54 Å². The Bertz CT molecular complexity index is 909. The second kappa shape index (κ2) is 6.86. The van der Waals surface area contributed by atoms with Crippen LogP contribution in [0.1, 0.15) is 18.7 Å². The second-order valence-electron chi connectivity index (χ2n) is 6.28. The fraction of sp³-hybridized carbons (Fsp3) is 0.263. The number of aromatic nitrogens is 2. The van der Waals surface area contributed by atoms with Crippen LogP contribution in [0.5, 0.6) is 5.75 Å². The number of anilines is 2. The normalized spacial score (nSPS) is 14.9. The third-order valence-electron chi connectivity index (χ3n) is 4.42. The first-order valence-corrected chi connectivity index (χ1v) is 8.80. The van der Waals surface area contributed by atoms with Crippen LogP contribution in [0.15, 0.2) is 42.5 Å². The predicted octanol–water partition coefficient (Wildman–Crippen LogP) is 4.33. The van der Waals surface area contributed by atoms with Gasteiger partial charge in [-0.25, -0.2) is 9.97 Å². The number of para-hydroxylation sites is 1. The summed E-state index contributed by atoms with van der Waals surface area (Å²) in [7, 11) is 0. The van der Waals surface area contributed by atoms with Gasteiger partial charge in [0.1, 0.15) is 17.4 Å². The summed E-state index contributed by atoms with van der Waals surface area (Å²) in [6, 6.07) is 12.8. The molecule has 0 atom stereocenters. The van der Waals surface area contributed by atoms with Gasteiger partial charge in [-0.15, -0.1) is 0 Å². The zero-order valence-electron chi connectivity index (χ0n) is 13.7. The van der Waals surface area contributed by atoms with E-state index in [1.165, 1.54) is 12.8 Å². The van der Waals surface area contributed by atoms with Gasteiger partial charge in [0.05, 0.1) is 17.7 Å². The molecule has 4 rings (SSSR count). The van der Waals surface area contributed by atoms with Crippen molar-refractivity contribution in [1.29, 1.82) is 0 Å². The standard InChI is InChI=1S/C19H19ClN4O/c20-13-7-8-17(25)16(11-13)22-19-14-5-1-2-6-15(14)21-18(23-19)12-24-9-3-4-10-24/h1-2,5-8,11,25H,3-4,9-10,12H2,(H,21,22,23). The maximum absolute atomic E-state index is 10.1. The molecule has 0 unspecified atom stereocenters. The van der Waals surface area contributed by atoms with Crippen molar-refractivity contribution in [2.24, 2.45) is 0 Å². The van der Waals surface area contributed by atoms with Crippen molar-refractivity contribution in [1.82, 2.24) is 14.9 Å². The molecular weight excluding hydrogens is 336 g/mol. The fourth-order valence-corrected chi connectivity index (χ4v) is 3.34. The number of aromatic hydroxyl groups is 1. The summed E-state index contributed by atoms with van der Waals surface area (Å²) in [5.74, 6) is 1.59. The Morgan fingerprint density at radius 2 is 1.88 bits per heavy atom. The van der Waals surface area contributed by atoms with Crippen molar-refractivity contribution in [3.05, 3.63) is 53.3 Å². The first-order chi connectivity index (χ1) is 12.2. The molecule has 5 nitrogen and oxygen atoms in total. The number of nitrogens with zero attached hydrogens (tertiary/aromatic N) is 3. The van der Waals surface area contributed by atoms with Crippen LogP contribution in [0, 0.1) is 0 Å². The number of hydrogen-bond acceptors (Lipinski definition) is 5. The summed E-state index contributed by atoms with van der Waals surface area (Å²) in [5, 5.41) is 14.8. The van der Waals surface area contributed by atoms with Crippen molar-refractivity contribution in [3.63, 3.8) is 0 Å². The summed E-state index contributed by atoms with van der Waals surface area (Å²) in [6.45, 7) is 2.92. The van der Waals surface area contributed by atoms with Gasteiger partial charge in [-0.1, -0.05) is 23.7 Å². The van der Waals surface area contributed by atoms with Gasteiger partial charge in [0.25, 0.3) is 0 Å². The van der Waals surface area contributed by atoms with Crippen molar-refractivity contribution in [2.45, 2.75) is 19.4 Å². The van der Waals surface area contributed by atoms with E-state index < -0.39 is 0 Å². The number of benzene rings is 2. The Morgan fingerprint density at radius 3 is 2.72 bits per heavy atom. The maximum atomic E-state index is 10.1. The van der Waals surface area contributed by atoms with E-state index in [0.717, 1.165) is 36.4 Å². The summed E-state index contributed by atoms with van der Waals surface area (Å²) in [6.07, 6.45) is 2.46. The monoisotopic (exact) mass is 354 g/mol. The Morgan fingerprint density at radius 1 is 1.08 bits per heavy atom. The minimum absolute atomic E-state index is 0.133. The molecular formula is C19H19ClN4O. The van der Waals surface area contributed by atoms with Crippen LogP contribution in [0.2, 0.25) is 5.02 Å². The van der Waals surface area contributed by atoms with Crippen LogP contribution in [0.3, 0.4) is 0 Å². The van der Waals surface area contributed by atoms with E-state index in [9.17, 15) is 5.11 Å². The molecule has 0 amide bonds. The van der Waals surface area contributed by atoms with E-state index in [1.807, 2.05) is 24.3 Å². The van der Waals surface area contributed by atoms with Crippen LogP contribution >= 0.6 is 11.6 Å². The molecule has 2 heterocycles. The Labute approximate surface area is 151 Å². The molecule has 1 aliphatic heterocycles. The van der Waals surface area contributed by atoms with Gasteiger partial charge in [-0.3, -0.25) is 4.90 Å². The van der Waals surface area contributed by atoms with Crippen LogP contribution in [0.25, 0.3) is 10.9 Å². The largest absolute Gasteiger partial charge is 0.506 e. The molecule has 0 bridgehead atoms. The molecule has 1 saturated heterocycles. The molecule has 2 N–H and O–H groups in total. The van der Waals surface area contributed by atoms with Crippen molar-refractivity contribution in [2.75, 3.05) is 18.4 Å². The molecule has 1 aromatic heterocycles. The average molecular weight is 355 g/mol. The van der Waals surface area contributed by atoms with Gasteiger partial charge in [-0.2, -0.15) is 0 Å². The number of phenolic OH excluding ortho intramolecular Hbond substituents is 1. The number of hydrogen-bond donors (Lipinski definition) is 2. The van der Waals surface area contributed by atoms with Crippen LogP contribution in [-0.4, -0.2) is 33.1 Å². The topological polar surface area (TPSA) is 61.3 Å². The first-order valence-electron chi connectivity index (χ1n) is 8.42. The average Bonchev–Trinajstić information content (AvgIpc) is 3.11. The summed E-state index contributed by atoms with van der Waals surface area (Å²) in [4.78, 5) is 11.8. The highest BCUT2D eigenvalue weighted by atomic mass is 35.5. The third-order valence-corrected chi connectivity index (χ3v) is 4.66. The Hall–Kier alpha value is -2.37. The number of halogens is 1. The van der Waals surface area contributed by atoms with E-state index in [1.54, 1.807) is 18.2 Å². The van der Waals surface area contributed by atoms with E-state index in [4.69, 9.17) is 21.6 Å². The quantitative estimate of drug-likeness (QED) is 0.683. The molecule has 0 spiro atoms. The van der Waals surface area contributed by atoms with E-state index >= 15 is 0 Å². The molecule has 128 valence electrons. The lowest BCUT2D eigenvalue weighted by atomic mass is 10.2. The number of likely N-dealkylation sites (tertiary alicyclic amines) is 1. The molecule has 3 aromatic rings. The van der Waals surface area contributed by atoms with E-state index in [-0.39, 0.29) is 5.75 Å². The van der Waals surface area contributed by atoms with Crippen LogP contribution < -0.4 is 5.32 Å². The van der Waals surface area contributed by atoms with Gasteiger partial charge in [-0.05, 0) is 56.3 Å². The lowest BCUT2D eigenvalue weighted by Gasteiger charge is -2.16. The summed E-state index contributed by atoms with van der Waals surface area (Å²) < 4.78 is 0. The van der Waals surface area contributed by atoms with E-state index in [0.29, 0.717) is 16.5 Å². The smallest absolute Gasteiger partial charge is 0.145 e. The van der Waals surface area contributed by atoms with Crippen molar-refractivity contribution >= 4 is 34.0 Å². The molecule has 25 heavy (non-hydrogen) atoms. The molecule has 6 heteroatoms. The Balaban J connectivity index is 1.73. The van der Waals surface area contributed by atoms with Gasteiger partial charge in [0, 0.05) is 10.4 Å². The highest BCUT2D eigenvalue weighted by molar-refractivity contribution is 6.31. The summed E-state index contributed by atoms with van der Waals surface area (Å²) in [5.41, 5.74) is 1.42. The lowest BCUT2D eigenvalue weighted by molar-refractivity contribution is 0.323. The van der Waals surface area contributed by atoms with Crippen molar-refractivity contribution in [3.8, 4) is 5.75 Å². The minimum Gasteiger partial charge on any atom is -0.506 e. The molecule has 2 aromatic carbocycles. The minimum atomic E-state index is 0.133. The highest BCUT2D eigenvalue weighted by Gasteiger charge is 2.15.